The van der Waals surface area contributed by atoms with Crippen molar-refractivity contribution in [1.82, 2.24) is 0 Å². The fourth-order valence-corrected chi connectivity index (χ4v) is 1.24. The van der Waals surface area contributed by atoms with Crippen LogP contribution in [-0.4, -0.2) is 18.5 Å². The Kier molecular flexibility index (Phi) is 2.70. The lowest BCUT2D eigenvalue weighted by Gasteiger charge is -2.19. The smallest absolute Gasteiger partial charge is 0.0662 e. The van der Waals surface area contributed by atoms with Gasteiger partial charge in [-0.1, -0.05) is 0 Å². The van der Waals surface area contributed by atoms with Gasteiger partial charge in [0.15, 0.2) is 0 Å². The van der Waals surface area contributed by atoms with Crippen LogP contribution in [0.25, 0.3) is 0 Å². The molecule has 0 aromatic rings. The zero-order valence-corrected chi connectivity index (χ0v) is 5.86. The van der Waals surface area contributed by atoms with E-state index in [4.69, 9.17) is 4.74 Å². The fraction of sp³-hybridized carbons (Fsp3) is 1.00. The molecule has 0 bridgehead atoms. The summed E-state index contributed by atoms with van der Waals surface area (Å²) in [7, 11) is 0. The molecule has 0 spiro atoms. The van der Waals surface area contributed by atoms with E-state index >= 15 is 0 Å². The normalized spacial score (nSPS) is 30.4. The predicted octanol–water partition coefficient (Wildman–Crippen LogP) is 1.49. The van der Waals surface area contributed by atoms with Crippen molar-refractivity contribution in [2.75, 3.05) is 12.4 Å². The zero-order valence-electron chi connectivity index (χ0n) is 4.97. The Morgan fingerprint density at radius 3 is 2.75 bits per heavy atom. The highest BCUT2D eigenvalue weighted by molar-refractivity contribution is 7.80. The number of hydrogen-bond acceptors (Lipinski definition) is 2. The lowest BCUT2D eigenvalue weighted by molar-refractivity contribution is 0.0317. The Morgan fingerprint density at radius 1 is 1.50 bits per heavy atom. The van der Waals surface area contributed by atoms with E-state index in [1.165, 1.54) is 19.3 Å². The van der Waals surface area contributed by atoms with Gasteiger partial charge >= 0.3 is 0 Å². The maximum absolute atomic E-state index is 5.35. The molecule has 1 atom stereocenters. The second-order valence-electron chi connectivity index (χ2n) is 2.17. The average molecular weight is 132 g/mol. The van der Waals surface area contributed by atoms with Gasteiger partial charge in [-0.05, 0) is 19.3 Å². The standard InChI is InChI=1S/C6H12OS/c8-5-6-3-1-2-4-7-6/h6,8H,1-5H2/t6-/m1/s1. The van der Waals surface area contributed by atoms with E-state index in [-0.39, 0.29) is 0 Å². The summed E-state index contributed by atoms with van der Waals surface area (Å²) in [5.74, 6) is 0.889. The molecule has 1 heterocycles. The topological polar surface area (TPSA) is 9.23 Å². The highest BCUT2D eigenvalue weighted by Crippen LogP contribution is 2.12. The van der Waals surface area contributed by atoms with E-state index in [0.717, 1.165) is 12.4 Å². The Hall–Kier alpha value is 0.310. The summed E-state index contributed by atoms with van der Waals surface area (Å²) in [6.07, 6.45) is 4.23. The molecule has 1 nitrogen and oxygen atoms in total. The number of hydrogen-bond donors (Lipinski definition) is 1. The van der Waals surface area contributed by atoms with Crippen LogP contribution in [0.2, 0.25) is 0 Å². The summed E-state index contributed by atoms with van der Waals surface area (Å²) in [6.45, 7) is 0.950. The van der Waals surface area contributed by atoms with E-state index in [1.807, 2.05) is 0 Å². The second-order valence-corrected chi connectivity index (χ2v) is 2.54. The van der Waals surface area contributed by atoms with Crippen LogP contribution in [0.4, 0.5) is 0 Å². The maximum atomic E-state index is 5.35. The molecule has 0 saturated carbocycles. The van der Waals surface area contributed by atoms with Crippen LogP contribution in [0.15, 0.2) is 0 Å². The van der Waals surface area contributed by atoms with Crippen molar-refractivity contribution in [1.29, 1.82) is 0 Å². The molecular formula is C6H12OS. The van der Waals surface area contributed by atoms with Crippen molar-refractivity contribution >= 4 is 12.6 Å². The molecule has 0 aromatic carbocycles. The van der Waals surface area contributed by atoms with E-state index in [0.29, 0.717) is 6.10 Å². The minimum absolute atomic E-state index is 0.451. The van der Waals surface area contributed by atoms with Crippen LogP contribution in [-0.2, 0) is 4.74 Å². The first kappa shape index (κ1) is 6.43. The third-order valence-electron chi connectivity index (χ3n) is 1.48. The molecular weight excluding hydrogens is 120 g/mol. The van der Waals surface area contributed by atoms with Crippen LogP contribution >= 0.6 is 12.6 Å². The first-order chi connectivity index (χ1) is 3.93. The molecule has 1 saturated heterocycles. The monoisotopic (exact) mass is 132 g/mol. The highest BCUT2D eigenvalue weighted by atomic mass is 32.1. The molecule has 0 amide bonds. The van der Waals surface area contributed by atoms with Crippen molar-refractivity contribution < 1.29 is 4.74 Å². The lowest BCUT2D eigenvalue weighted by atomic mass is 10.1. The molecule has 0 unspecified atom stereocenters. The van der Waals surface area contributed by atoms with Gasteiger partial charge < -0.3 is 4.74 Å². The highest BCUT2D eigenvalue weighted by Gasteiger charge is 2.10. The molecule has 0 N–H and O–H groups in total. The molecule has 8 heavy (non-hydrogen) atoms. The Bertz CT molecular complexity index is 59.5. The van der Waals surface area contributed by atoms with Crippen molar-refractivity contribution in [2.24, 2.45) is 0 Å². The van der Waals surface area contributed by atoms with E-state index < -0.39 is 0 Å². The number of thiol groups is 1. The van der Waals surface area contributed by atoms with Crippen LogP contribution in [0.5, 0.6) is 0 Å². The second kappa shape index (κ2) is 3.36. The van der Waals surface area contributed by atoms with Crippen molar-refractivity contribution in [3.63, 3.8) is 0 Å². The fourth-order valence-electron chi connectivity index (χ4n) is 0.951. The van der Waals surface area contributed by atoms with Gasteiger partial charge in [-0.15, -0.1) is 0 Å². The predicted molar refractivity (Wildman–Crippen MR) is 37.4 cm³/mol. The molecule has 2 heteroatoms. The maximum Gasteiger partial charge on any atom is 0.0662 e. The Balaban J connectivity index is 2.13. The van der Waals surface area contributed by atoms with Gasteiger partial charge in [-0.3, -0.25) is 0 Å². The molecule has 1 rings (SSSR count). The van der Waals surface area contributed by atoms with Crippen molar-refractivity contribution in [2.45, 2.75) is 25.4 Å². The molecule has 48 valence electrons. The van der Waals surface area contributed by atoms with Crippen molar-refractivity contribution in [3.05, 3.63) is 0 Å². The number of ether oxygens (including phenoxy) is 1. The van der Waals surface area contributed by atoms with Gasteiger partial charge in [0.25, 0.3) is 0 Å². The van der Waals surface area contributed by atoms with Gasteiger partial charge in [0.1, 0.15) is 0 Å². The quantitative estimate of drug-likeness (QED) is 0.532. The van der Waals surface area contributed by atoms with Gasteiger partial charge in [0, 0.05) is 12.4 Å². The van der Waals surface area contributed by atoms with Crippen molar-refractivity contribution in [3.8, 4) is 0 Å². The molecule has 0 aromatic heterocycles. The summed E-state index contributed by atoms with van der Waals surface area (Å²) in [5, 5.41) is 0. The molecule has 0 radical (unpaired) electrons. The largest absolute Gasteiger partial charge is 0.377 e. The summed E-state index contributed by atoms with van der Waals surface area (Å²) in [5.41, 5.74) is 0. The van der Waals surface area contributed by atoms with E-state index in [9.17, 15) is 0 Å². The Morgan fingerprint density at radius 2 is 2.38 bits per heavy atom. The first-order valence-corrected chi connectivity index (χ1v) is 3.79. The summed E-state index contributed by atoms with van der Waals surface area (Å²) in [4.78, 5) is 0. The third-order valence-corrected chi connectivity index (χ3v) is 1.88. The molecule has 1 aliphatic rings. The summed E-state index contributed by atoms with van der Waals surface area (Å²) in [6, 6.07) is 0. The average Bonchev–Trinajstić information content (AvgIpc) is 1.90. The van der Waals surface area contributed by atoms with Gasteiger partial charge in [-0.2, -0.15) is 12.6 Å². The van der Waals surface area contributed by atoms with E-state index in [2.05, 4.69) is 12.6 Å². The van der Waals surface area contributed by atoms with Crippen LogP contribution in [0, 0.1) is 0 Å². The lowest BCUT2D eigenvalue weighted by Crippen LogP contribution is -2.20. The number of rotatable bonds is 1. The third kappa shape index (κ3) is 1.67. The summed E-state index contributed by atoms with van der Waals surface area (Å²) < 4.78 is 5.35. The van der Waals surface area contributed by atoms with Crippen LogP contribution < -0.4 is 0 Å². The van der Waals surface area contributed by atoms with Gasteiger partial charge in [0.2, 0.25) is 0 Å². The van der Waals surface area contributed by atoms with Gasteiger partial charge in [0.05, 0.1) is 6.10 Å². The minimum atomic E-state index is 0.451. The molecule has 1 fully saturated rings. The van der Waals surface area contributed by atoms with E-state index in [1.54, 1.807) is 0 Å². The van der Waals surface area contributed by atoms with Gasteiger partial charge in [-0.25, -0.2) is 0 Å². The Labute approximate surface area is 55.8 Å². The van der Waals surface area contributed by atoms with Crippen LogP contribution in [0.1, 0.15) is 19.3 Å². The zero-order chi connectivity index (χ0) is 5.82. The molecule has 1 aliphatic heterocycles. The van der Waals surface area contributed by atoms with Crippen LogP contribution in [0.3, 0.4) is 0 Å². The first-order valence-electron chi connectivity index (χ1n) is 3.16. The summed E-state index contributed by atoms with van der Waals surface area (Å²) >= 11 is 4.14. The minimum Gasteiger partial charge on any atom is -0.377 e. The molecule has 0 aliphatic carbocycles. The SMILES string of the molecule is SC[C@H]1CCCCO1.